The van der Waals surface area contributed by atoms with Gasteiger partial charge in [0.25, 0.3) is 0 Å². The molecule has 2 fully saturated rings. The third kappa shape index (κ3) is 6.01. The standard InChI is InChI=1S/C20H35NO13.H2O/c22-3-6-1-8(12(26)15(29)11(6)25)21-9-2-7(4-23)19(17(31)13(9)27)34-20-18(32)16(30)14(28)10(5-24)33-20;/h1,7-32H,2-5H2;1H2/t7-,8+,9+,10-,11+,12+,13+,14-,15+,16+,17-,18-,19-,20+;/m1./s1. The Morgan fingerprint density at radius 2 is 1.46 bits per heavy atom. The summed E-state index contributed by atoms with van der Waals surface area (Å²) in [5.41, 5.74) is 0.0590. The lowest BCUT2D eigenvalue weighted by Gasteiger charge is -2.47. The molecule has 1 heterocycles. The van der Waals surface area contributed by atoms with Crippen LogP contribution in [0.4, 0.5) is 0 Å². The van der Waals surface area contributed by atoms with Gasteiger partial charge >= 0.3 is 0 Å². The number of aliphatic hydroxyl groups excluding tert-OH is 11. The largest absolute Gasteiger partial charge is 0.412 e. The van der Waals surface area contributed by atoms with Crippen LogP contribution in [0.5, 0.6) is 0 Å². The zero-order valence-electron chi connectivity index (χ0n) is 18.7. The molecule has 1 saturated heterocycles. The number of nitrogens with one attached hydrogen (secondary N) is 1. The van der Waals surface area contributed by atoms with Crippen LogP contribution in [0.2, 0.25) is 0 Å². The first-order valence-electron chi connectivity index (χ1n) is 11.1. The Labute approximate surface area is 200 Å². The van der Waals surface area contributed by atoms with Crippen molar-refractivity contribution in [2.45, 2.75) is 85.8 Å². The third-order valence-corrected chi connectivity index (χ3v) is 6.90. The molecular formula is C20H37NO14. The predicted octanol–water partition coefficient (Wildman–Crippen LogP) is -7.58. The summed E-state index contributed by atoms with van der Waals surface area (Å²) in [5, 5.41) is 113. The second kappa shape index (κ2) is 12.6. The molecule has 14 N–H and O–H groups in total. The Morgan fingerprint density at radius 3 is 2.03 bits per heavy atom. The van der Waals surface area contributed by atoms with E-state index in [0.717, 1.165) is 0 Å². The molecule has 0 unspecified atom stereocenters. The molecule has 3 rings (SSSR count). The highest BCUT2D eigenvalue weighted by molar-refractivity contribution is 5.22. The van der Waals surface area contributed by atoms with Crippen molar-refractivity contribution in [3.05, 3.63) is 11.6 Å². The zero-order valence-corrected chi connectivity index (χ0v) is 18.7. The highest BCUT2D eigenvalue weighted by Gasteiger charge is 2.50. The van der Waals surface area contributed by atoms with Gasteiger partial charge in [0.05, 0.1) is 31.5 Å². The van der Waals surface area contributed by atoms with Gasteiger partial charge in [-0.25, -0.2) is 0 Å². The lowest BCUT2D eigenvalue weighted by atomic mass is 9.78. The minimum atomic E-state index is -1.75. The molecule has 35 heavy (non-hydrogen) atoms. The van der Waals surface area contributed by atoms with Crippen molar-refractivity contribution in [1.82, 2.24) is 5.32 Å². The normalized spacial score (nSPS) is 48.7. The Balaban J connectivity index is 0.00000432. The van der Waals surface area contributed by atoms with Crippen LogP contribution >= 0.6 is 0 Å². The van der Waals surface area contributed by atoms with Crippen LogP contribution in [0.1, 0.15) is 6.42 Å². The lowest BCUT2D eigenvalue weighted by molar-refractivity contribution is -0.328. The van der Waals surface area contributed by atoms with Gasteiger partial charge in [-0.2, -0.15) is 0 Å². The average molecular weight is 516 g/mol. The van der Waals surface area contributed by atoms with Crippen LogP contribution in [0.15, 0.2) is 11.6 Å². The lowest BCUT2D eigenvalue weighted by Crippen LogP contribution is -2.66. The van der Waals surface area contributed by atoms with Crippen molar-refractivity contribution >= 4 is 0 Å². The molecule has 0 aromatic rings. The monoisotopic (exact) mass is 515 g/mol. The predicted molar refractivity (Wildman–Crippen MR) is 113 cm³/mol. The summed E-state index contributed by atoms with van der Waals surface area (Å²) >= 11 is 0. The van der Waals surface area contributed by atoms with Crippen LogP contribution in [0.25, 0.3) is 0 Å². The Hall–Kier alpha value is -0.860. The van der Waals surface area contributed by atoms with Crippen molar-refractivity contribution in [2.75, 3.05) is 19.8 Å². The van der Waals surface area contributed by atoms with E-state index in [9.17, 15) is 56.2 Å². The van der Waals surface area contributed by atoms with Gasteiger partial charge in [-0.1, -0.05) is 6.08 Å². The Morgan fingerprint density at radius 1 is 0.800 bits per heavy atom. The maximum absolute atomic E-state index is 10.7. The molecule has 15 heteroatoms. The van der Waals surface area contributed by atoms with E-state index >= 15 is 0 Å². The first kappa shape index (κ1) is 30.4. The van der Waals surface area contributed by atoms with Crippen LogP contribution in [0, 0.1) is 5.92 Å². The summed E-state index contributed by atoms with van der Waals surface area (Å²) in [5.74, 6) is -0.833. The molecule has 14 atom stereocenters. The maximum atomic E-state index is 10.7. The fourth-order valence-electron chi connectivity index (χ4n) is 4.77. The van der Waals surface area contributed by atoms with Gasteiger partial charge in [0.2, 0.25) is 0 Å². The minimum Gasteiger partial charge on any atom is -0.412 e. The van der Waals surface area contributed by atoms with Gasteiger partial charge < -0.3 is 76.4 Å². The summed E-state index contributed by atoms with van der Waals surface area (Å²) in [4.78, 5) is 0. The summed E-state index contributed by atoms with van der Waals surface area (Å²) < 4.78 is 10.9. The van der Waals surface area contributed by atoms with Crippen LogP contribution in [0.3, 0.4) is 0 Å². The smallest absolute Gasteiger partial charge is 0.187 e. The maximum Gasteiger partial charge on any atom is 0.187 e. The van der Waals surface area contributed by atoms with Gasteiger partial charge in [0.1, 0.15) is 48.8 Å². The van der Waals surface area contributed by atoms with E-state index in [0.29, 0.717) is 0 Å². The quantitative estimate of drug-likeness (QED) is 0.140. The van der Waals surface area contributed by atoms with Gasteiger partial charge in [-0.15, -0.1) is 0 Å². The third-order valence-electron chi connectivity index (χ3n) is 6.90. The summed E-state index contributed by atoms with van der Waals surface area (Å²) in [6.07, 6.45) is -15.7. The molecule has 1 aliphatic heterocycles. The average Bonchev–Trinajstić information content (AvgIpc) is 2.83. The van der Waals surface area contributed by atoms with E-state index in [4.69, 9.17) is 9.47 Å². The van der Waals surface area contributed by atoms with Gasteiger partial charge in [0.15, 0.2) is 6.29 Å². The zero-order chi connectivity index (χ0) is 25.3. The van der Waals surface area contributed by atoms with E-state index in [1.165, 1.54) is 6.08 Å². The first-order valence-corrected chi connectivity index (χ1v) is 11.1. The molecule has 1 saturated carbocycles. The molecule has 0 aromatic heterocycles. The fraction of sp³-hybridized carbons (Fsp3) is 0.900. The van der Waals surface area contributed by atoms with E-state index in [-0.39, 0.29) is 17.5 Å². The highest BCUT2D eigenvalue weighted by Crippen LogP contribution is 2.33. The van der Waals surface area contributed by atoms with Crippen LogP contribution in [-0.4, -0.2) is 161 Å². The van der Waals surface area contributed by atoms with Gasteiger partial charge in [-0.05, 0) is 12.0 Å². The molecule has 206 valence electrons. The molecule has 2 aliphatic carbocycles. The van der Waals surface area contributed by atoms with Gasteiger partial charge in [-0.3, -0.25) is 0 Å². The molecule has 0 amide bonds. The summed E-state index contributed by atoms with van der Waals surface area (Å²) in [6, 6.07) is -1.94. The minimum absolute atomic E-state index is 0. The number of ether oxygens (including phenoxy) is 2. The van der Waals surface area contributed by atoms with Crippen LogP contribution in [-0.2, 0) is 9.47 Å². The molecule has 0 aromatic carbocycles. The van der Waals surface area contributed by atoms with Crippen molar-refractivity contribution in [3.8, 4) is 0 Å². The van der Waals surface area contributed by atoms with Crippen molar-refractivity contribution in [3.63, 3.8) is 0 Å². The SMILES string of the molecule is O.OCC1=C[C@H](N[C@H]2C[C@H](CO)[C@@H](O[C@@H]3O[C@H](CO)[C@@H](O)[C@H](O)[C@H]3O)[C@H](O)[C@H]2O)[C@H](O)[C@@H](O)[C@H]1O. The molecule has 0 bridgehead atoms. The number of aliphatic hydroxyl groups is 11. The molecule has 0 spiro atoms. The first-order chi connectivity index (χ1) is 16.0. The molecule has 3 aliphatic rings. The van der Waals surface area contributed by atoms with Crippen molar-refractivity contribution in [1.29, 1.82) is 0 Å². The Bertz CT molecular complexity index is 695. The highest BCUT2D eigenvalue weighted by atomic mass is 16.7. The van der Waals surface area contributed by atoms with E-state index in [2.05, 4.69) is 5.32 Å². The molecular weight excluding hydrogens is 478 g/mol. The summed E-state index contributed by atoms with van der Waals surface area (Å²) in [7, 11) is 0. The summed E-state index contributed by atoms with van der Waals surface area (Å²) in [6.45, 7) is -1.80. The van der Waals surface area contributed by atoms with Crippen molar-refractivity contribution < 1.29 is 71.1 Å². The second-order valence-corrected chi connectivity index (χ2v) is 9.08. The molecule has 0 radical (unpaired) electrons. The van der Waals surface area contributed by atoms with Crippen LogP contribution < -0.4 is 5.32 Å². The number of rotatable bonds is 7. The Kier molecular flexibility index (Phi) is 10.9. The topological polar surface area (TPSA) is 285 Å². The fourth-order valence-corrected chi connectivity index (χ4v) is 4.77. The number of hydrogen-bond acceptors (Lipinski definition) is 14. The second-order valence-electron chi connectivity index (χ2n) is 9.08. The molecule has 15 nitrogen and oxygen atoms in total. The van der Waals surface area contributed by atoms with Crippen molar-refractivity contribution in [2.24, 2.45) is 5.92 Å². The number of hydrogen-bond donors (Lipinski definition) is 12. The van der Waals surface area contributed by atoms with E-state index in [1.807, 2.05) is 0 Å². The van der Waals surface area contributed by atoms with E-state index < -0.39 is 105 Å². The van der Waals surface area contributed by atoms with E-state index in [1.54, 1.807) is 0 Å². The van der Waals surface area contributed by atoms with Gasteiger partial charge in [0, 0.05) is 18.6 Å².